The van der Waals surface area contributed by atoms with Crippen LogP contribution in [-0.2, 0) is 10.0 Å². The molecule has 1 aromatic heterocycles. The number of hydrogen-bond acceptors (Lipinski definition) is 6. The fraction of sp³-hybridized carbons (Fsp3) is 0.261. The Hall–Kier alpha value is -2.88. The molecule has 32 heavy (non-hydrogen) atoms. The van der Waals surface area contributed by atoms with Crippen molar-refractivity contribution in [2.45, 2.75) is 17.9 Å². The Kier molecular flexibility index (Phi) is 7.55. The lowest BCUT2D eigenvalue weighted by atomic mass is 10.1. The zero-order valence-electron chi connectivity index (χ0n) is 18.5. The zero-order chi connectivity index (χ0) is 23.3. The van der Waals surface area contributed by atoms with Crippen LogP contribution in [0, 0.1) is 6.92 Å². The molecule has 0 aliphatic carbocycles. The number of amides is 1. The minimum absolute atomic E-state index is 0.0195. The molecule has 0 aliphatic rings. The van der Waals surface area contributed by atoms with E-state index in [4.69, 9.17) is 4.74 Å². The van der Waals surface area contributed by atoms with Crippen LogP contribution in [0.1, 0.15) is 27.5 Å². The molecule has 3 aromatic rings. The maximum absolute atomic E-state index is 12.9. The van der Waals surface area contributed by atoms with Crippen LogP contribution in [0.2, 0.25) is 0 Å². The number of nitrogens with zero attached hydrogens (tertiary/aromatic N) is 1. The molecule has 0 aliphatic heterocycles. The van der Waals surface area contributed by atoms with Gasteiger partial charge in [-0.05, 0) is 85.4 Å². The monoisotopic (exact) mass is 473 g/mol. The molecule has 0 radical (unpaired) electrons. The van der Waals surface area contributed by atoms with E-state index in [-0.39, 0.29) is 16.8 Å². The number of ether oxygens (including phenoxy) is 1. The van der Waals surface area contributed by atoms with Crippen LogP contribution in [-0.4, -0.2) is 47.0 Å². The smallest absolute Gasteiger partial charge is 0.261 e. The van der Waals surface area contributed by atoms with Gasteiger partial charge < -0.3 is 15.0 Å². The van der Waals surface area contributed by atoms with Crippen molar-refractivity contribution in [1.82, 2.24) is 10.2 Å². The molecule has 0 fully saturated rings. The Balaban J connectivity index is 1.77. The molecule has 1 heterocycles. The molecule has 2 N–H and O–H groups in total. The van der Waals surface area contributed by atoms with E-state index in [2.05, 4.69) is 15.4 Å². The topological polar surface area (TPSA) is 87.7 Å². The van der Waals surface area contributed by atoms with Gasteiger partial charge in [0.05, 0.1) is 18.0 Å². The van der Waals surface area contributed by atoms with E-state index in [1.807, 2.05) is 30.4 Å². The number of hydrogen-bond donors (Lipinski definition) is 2. The van der Waals surface area contributed by atoms with E-state index in [1.165, 1.54) is 12.1 Å². The Morgan fingerprint density at radius 2 is 1.84 bits per heavy atom. The normalized spacial score (nSPS) is 12.4. The second-order valence-corrected chi connectivity index (χ2v) is 10.0. The summed E-state index contributed by atoms with van der Waals surface area (Å²) in [6.45, 7) is 2.19. The predicted octanol–water partition coefficient (Wildman–Crippen LogP) is 3.90. The maximum Gasteiger partial charge on any atom is 0.261 e. The van der Waals surface area contributed by atoms with Gasteiger partial charge in [0.2, 0.25) is 0 Å². The van der Waals surface area contributed by atoms with E-state index in [0.717, 1.165) is 5.56 Å². The van der Waals surface area contributed by atoms with E-state index in [9.17, 15) is 13.2 Å². The quantitative estimate of drug-likeness (QED) is 0.492. The first kappa shape index (κ1) is 23.8. The van der Waals surface area contributed by atoms with Gasteiger partial charge in [0.1, 0.15) is 5.75 Å². The minimum Gasteiger partial charge on any atom is -0.497 e. The summed E-state index contributed by atoms with van der Waals surface area (Å²) < 4.78 is 33.4. The Morgan fingerprint density at radius 3 is 2.44 bits per heavy atom. The van der Waals surface area contributed by atoms with Gasteiger partial charge in [0.15, 0.2) is 0 Å². The summed E-state index contributed by atoms with van der Waals surface area (Å²) in [4.78, 5) is 15.0. The number of thiophene rings is 1. The number of likely N-dealkylation sites (N-methyl/N-ethyl adjacent to an activating group) is 1. The van der Waals surface area contributed by atoms with E-state index in [0.29, 0.717) is 29.1 Å². The summed E-state index contributed by atoms with van der Waals surface area (Å²) in [7, 11) is 1.59. The van der Waals surface area contributed by atoms with Gasteiger partial charge in [-0.25, -0.2) is 8.42 Å². The van der Waals surface area contributed by atoms with Gasteiger partial charge in [-0.3, -0.25) is 9.52 Å². The minimum atomic E-state index is -3.86. The third-order valence-electron chi connectivity index (χ3n) is 5.11. The number of rotatable bonds is 9. The molecule has 9 heteroatoms. The molecular weight excluding hydrogens is 446 g/mol. The molecule has 1 amide bonds. The molecule has 1 atom stereocenters. The number of sulfonamides is 1. The third kappa shape index (κ3) is 5.67. The van der Waals surface area contributed by atoms with Crippen LogP contribution < -0.4 is 14.8 Å². The Bertz CT molecular complexity index is 1160. The van der Waals surface area contributed by atoms with Crippen molar-refractivity contribution in [3.63, 3.8) is 0 Å². The van der Waals surface area contributed by atoms with Gasteiger partial charge >= 0.3 is 0 Å². The van der Waals surface area contributed by atoms with E-state index in [1.54, 1.807) is 55.7 Å². The van der Waals surface area contributed by atoms with Crippen LogP contribution in [0.4, 0.5) is 5.69 Å². The van der Waals surface area contributed by atoms with Gasteiger partial charge in [0, 0.05) is 17.8 Å². The van der Waals surface area contributed by atoms with E-state index >= 15 is 0 Å². The fourth-order valence-electron chi connectivity index (χ4n) is 3.23. The summed E-state index contributed by atoms with van der Waals surface area (Å²) in [5, 5.41) is 7.00. The lowest BCUT2D eigenvalue weighted by molar-refractivity contribution is 0.0941. The van der Waals surface area contributed by atoms with Gasteiger partial charge in [0.25, 0.3) is 15.9 Å². The number of carbonyl (C=O) groups excluding carboxylic acids is 1. The van der Waals surface area contributed by atoms with Gasteiger partial charge in [-0.15, -0.1) is 0 Å². The van der Waals surface area contributed by atoms with Crippen molar-refractivity contribution in [2.24, 2.45) is 0 Å². The highest BCUT2D eigenvalue weighted by molar-refractivity contribution is 7.92. The molecule has 0 saturated carbocycles. The molecule has 0 bridgehead atoms. The SMILES string of the molecule is COc1ccc(NS(=O)(=O)c2ccc(C)c(C(=O)NCC(c3ccsc3)N(C)C)c2)cc1. The third-order valence-corrected chi connectivity index (χ3v) is 7.19. The van der Waals surface area contributed by atoms with Crippen LogP contribution in [0.15, 0.2) is 64.2 Å². The maximum atomic E-state index is 12.9. The first-order valence-electron chi connectivity index (χ1n) is 9.95. The van der Waals surface area contributed by atoms with Crippen molar-refractivity contribution < 1.29 is 17.9 Å². The Morgan fingerprint density at radius 1 is 1.12 bits per heavy atom. The lowest BCUT2D eigenvalue weighted by Crippen LogP contribution is -2.34. The fourth-order valence-corrected chi connectivity index (χ4v) is 5.03. The van der Waals surface area contributed by atoms with Crippen LogP contribution in [0.3, 0.4) is 0 Å². The van der Waals surface area contributed by atoms with Gasteiger partial charge in [-0.2, -0.15) is 11.3 Å². The summed E-state index contributed by atoms with van der Waals surface area (Å²) in [6.07, 6.45) is 0. The van der Waals surface area contributed by atoms with Crippen molar-refractivity contribution in [2.75, 3.05) is 32.5 Å². The second-order valence-electron chi connectivity index (χ2n) is 7.56. The lowest BCUT2D eigenvalue weighted by Gasteiger charge is -2.24. The van der Waals surface area contributed by atoms with Crippen molar-refractivity contribution in [1.29, 1.82) is 0 Å². The summed E-state index contributed by atoms with van der Waals surface area (Å²) in [6, 6.07) is 13.2. The average molecular weight is 474 g/mol. The second kappa shape index (κ2) is 10.2. The highest BCUT2D eigenvalue weighted by Gasteiger charge is 2.20. The van der Waals surface area contributed by atoms with Crippen LogP contribution in [0.25, 0.3) is 0 Å². The molecule has 7 nitrogen and oxygen atoms in total. The number of nitrogens with one attached hydrogen (secondary N) is 2. The molecule has 1 unspecified atom stereocenters. The molecule has 170 valence electrons. The van der Waals surface area contributed by atoms with Crippen LogP contribution in [0.5, 0.6) is 5.75 Å². The van der Waals surface area contributed by atoms with Gasteiger partial charge in [-0.1, -0.05) is 6.07 Å². The molecular formula is C23H27N3O4S2. The molecule has 0 saturated heterocycles. The summed E-state index contributed by atoms with van der Waals surface area (Å²) in [5.41, 5.74) is 2.55. The van der Waals surface area contributed by atoms with E-state index < -0.39 is 10.0 Å². The highest BCUT2D eigenvalue weighted by atomic mass is 32.2. The number of carbonyl (C=O) groups is 1. The van der Waals surface area contributed by atoms with Crippen molar-refractivity contribution in [3.05, 3.63) is 76.0 Å². The van der Waals surface area contributed by atoms with Crippen molar-refractivity contribution >= 4 is 33.0 Å². The summed E-state index contributed by atoms with van der Waals surface area (Å²) >= 11 is 1.61. The number of anilines is 1. The largest absolute Gasteiger partial charge is 0.497 e. The van der Waals surface area contributed by atoms with Crippen molar-refractivity contribution in [3.8, 4) is 5.75 Å². The first-order valence-corrected chi connectivity index (χ1v) is 12.4. The number of methoxy groups -OCH3 is 1. The average Bonchev–Trinajstić information content (AvgIpc) is 3.28. The number of benzene rings is 2. The number of aryl methyl sites for hydroxylation is 1. The molecule has 0 spiro atoms. The molecule has 3 rings (SSSR count). The standard InChI is InChI=1S/C23H27N3O4S2/c1-16-5-10-20(32(28,29)25-18-6-8-19(30-4)9-7-18)13-21(16)23(27)24-14-22(26(2)3)17-11-12-31-15-17/h5-13,15,22,25H,14H2,1-4H3,(H,24,27). The summed E-state index contributed by atoms with van der Waals surface area (Å²) in [5.74, 6) is 0.312. The predicted molar refractivity (Wildman–Crippen MR) is 128 cm³/mol. The Labute approximate surface area is 193 Å². The molecule has 2 aromatic carbocycles. The highest BCUT2D eigenvalue weighted by Crippen LogP contribution is 2.23. The first-order chi connectivity index (χ1) is 15.2. The van der Waals surface area contributed by atoms with Crippen LogP contribution >= 0.6 is 11.3 Å². The zero-order valence-corrected chi connectivity index (χ0v) is 20.1.